The van der Waals surface area contributed by atoms with E-state index in [0.717, 1.165) is 42.6 Å². The van der Waals surface area contributed by atoms with Crippen molar-refractivity contribution in [3.8, 4) is 17.1 Å². The number of hydrogen-bond acceptors (Lipinski definition) is 5. The quantitative estimate of drug-likeness (QED) is 0.897. The van der Waals surface area contributed by atoms with Gasteiger partial charge in [0.1, 0.15) is 5.75 Å². The molecule has 1 aliphatic rings. The van der Waals surface area contributed by atoms with E-state index >= 15 is 0 Å². The molecule has 3 rings (SSSR count). The van der Waals surface area contributed by atoms with Crippen LogP contribution in [0.3, 0.4) is 0 Å². The fraction of sp³-hybridized carbons (Fsp3) is 0.467. The first-order chi connectivity index (χ1) is 10.2. The molecular weight excluding hydrogens is 266 g/mol. The van der Waals surface area contributed by atoms with Crippen LogP contribution in [-0.4, -0.2) is 41.4 Å². The lowest BCUT2D eigenvalue weighted by Crippen LogP contribution is -2.48. The van der Waals surface area contributed by atoms with Gasteiger partial charge in [-0.25, -0.2) is 0 Å². The van der Waals surface area contributed by atoms with Crippen LogP contribution >= 0.6 is 0 Å². The average Bonchev–Trinajstić information content (AvgIpc) is 3.00. The Balaban J connectivity index is 1.76. The number of anilines is 1. The molecule has 112 valence electrons. The van der Waals surface area contributed by atoms with Gasteiger partial charge in [-0.15, -0.1) is 5.10 Å². The fourth-order valence-corrected chi connectivity index (χ4v) is 2.55. The van der Waals surface area contributed by atoms with Crippen LogP contribution in [0.5, 0.6) is 5.75 Å². The number of benzene rings is 1. The lowest BCUT2D eigenvalue weighted by Gasteiger charge is -2.34. The number of aromatic amines is 1. The highest BCUT2D eigenvalue weighted by molar-refractivity contribution is 5.57. The van der Waals surface area contributed by atoms with Crippen molar-refractivity contribution >= 4 is 5.95 Å². The minimum absolute atomic E-state index is 0.182. The number of rotatable bonds is 3. The van der Waals surface area contributed by atoms with Gasteiger partial charge >= 0.3 is 0 Å². The van der Waals surface area contributed by atoms with Crippen LogP contribution in [0.2, 0.25) is 0 Å². The molecule has 2 unspecified atom stereocenters. The maximum atomic E-state index is 6.13. The first-order valence-electron chi connectivity index (χ1n) is 7.24. The predicted molar refractivity (Wildman–Crippen MR) is 82.3 cm³/mol. The summed E-state index contributed by atoms with van der Waals surface area (Å²) in [5.74, 6) is 2.87. The van der Waals surface area contributed by atoms with Crippen molar-refractivity contribution in [2.45, 2.75) is 19.4 Å². The molecule has 1 aromatic heterocycles. The zero-order valence-electron chi connectivity index (χ0n) is 12.4. The zero-order valence-corrected chi connectivity index (χ0v) is 12.4. The van der Waals surface area contributed by atoms with Gasteiger partial charge in [0, 0.05) is 24.7 Å². The molecule has 1 saturated heterocycles. The molecule has 1 fully saturated rings. The van der Waals surface area contributed by atoms with Gasteiger partial charge in [-0.05, 0) is 36.6 Å². The molecule has 1 aromatic carbocycles. The summed E-state index contributed by atoms with van der Waals surface area (Å²) in [4.78, 5) is 6.73. The molecule has 0 spiro atoms. The number of ether oxygens (including phenoxy) is 1. The van der Waals surface area contributed by atoms with Crippen molar-refractivity contribution in [1.29, 1.82) is 0 Å². The summed E-state index contributed by atoms with van der Waals surface area (Å²) in [6.45, 7) is 3.96. The molecule has 6 nitrogen and oxygen atoms in total. The number of hydrogen-bond donors (Lipinski definition) is 2. The zero-order chi connectivity index (χ0) is 14.8. The minimum Gasteiger partial charge on any atom is -0.497 e. The minimum atomic E-state index is 0.182. The van der Waals surface area contributed by atoms with Crippen LogP contribution in [0.25, 0.3) is 11.4 Å². The Morgan fingerprint density at radius 2 is 2.10 bits per heavy atom. The number of nitrogens with zero attached hydrogens (tertiary/aromatic N) is 3. The second-order valence-electron chi connectivity index (χ2n) is 5.59. The van der Waals surface area contributed by atoms with Crippen molar-refractivity contribution in [1.82, 2.24) is 15.2 Å². The molecular formula is C15H21N5O. The third kappa shape index (κ3) is 2.85. The van der Waals surface area contributed by atoms with Crippen LogP contribution in [0.15, 0.2) is 24.3 Å². The van der Waals surface area contributed by atoms with E-state index in [2.05, 4.69) is 27.0 Å². The van der Waals surface area contributed by atoms with Gasteiger partial charge in [0.2, 0.25) is 5.95 Å². The first kappa shape index (κ1) is 13.9. The van der Waals surface area contributed by atoms with Crippen molar-refractivity contribution in [2.75, 3.05) is 25.1 Å². The summed E-state index contributed by atoms with van der Waals surface area (Å²) in [5.41, 5.74) is 7.12. The van der Waals surface area contributed by atoms with Crippen molar-refractivity contribution in [3.05, 3.63) is 24.3 Å². The second kappa shape index (κ2) is 5.73. The van der Waals surface area contributed by atoms with Gasteiger partial charge in [0.05, 0.1) is 7.11 Å². The summed E-state index contributed by atoms with van der Waals surface area (Å²) in [6, 6.07) is 7.94. The van der Waals surface area contributed by atoms with Crippen LogP contribution < -0.4 is 15.4 Å². The highest BCUT2D eigenvalue weighted by Crippen LogP contribution is 2.23. The van der Waals surface area contributed by atoms with Gasteiger partial charge in [-0.1, -0.05) is 6.92 Å². The summed E-state index contributed by atoms with van der Waals surface area (Å²) >= 11 is 0. The van der Waals surface area contributed by atoms with Crippen LogP contribution in [0.1, 0.15) is 13.3 Å². The monoisotopic (exact) mass is 287 g/mol. The van der Waals surface area contributed by atoms with E-state index in [0.29, 0.717) is 5.92 Å². The Hall–Kier alpha value is -2.08. The molecule has 0 bridgehead atoms. The number of nitrogens with one attached hydrogen (secondary N) is 1. The smallest absolute Gasteiger partial charge is 0.245 e. The maximum Gasteiger partial charge on any atom is 0.245 e. The van der Waals surface area contributed by atoms with E-state index in [-0.39, 0.29) is 6.04 Å². The van der Waals surface area contributed by atoms with E-state index in [1.165, 1.54) is 0 Å². The molecule has 2 heterocycles. The Morgan fingerprint density at radius 1 is 1.33 bits per heavy atom. The molecule has 2 aromatic rings. The summed E-state index contributed by atoms with van der Waals surface area (Å²) in [7, 11) is 1.65. The van der Waals surface area contributed by atoms with E-state index in [1.54, 1.807) is 7.11 Å². The van der Waals surface area contributed by atoms with Crippen LogP contribution in [-0.2, 0) is 0 Å². The summed E-state index contributed by atoms with van der Waals surface area (Å²) in [5, 5.41) is 7.32. The fourth-order valence-electron chi connectivity index (χ4n) is 2.55. The van der Waals surface area contributed by atoms with E-state index in [9.17, 15) is 0 Å². The Morgan fingerprint density at radius 3 is 2.76 bits per heavy atom. The topological polar surface area (TPSA) is 80.1 Å². The Kier molecular flexibility index (Phi) is 3.79. The molecule has 0 aliphatic carbocycles. The second-order valence-corrected chi connectivity index (χ2v) is 5.59. The largest absolute Gasteiger partial charge is 0.497 e. The number of aromatic nitrogens is 3. The van der Waals surface area contributed by atoms with Crippen LogP contribution in [0.4, 0.5) is 5.95 Å². The van der Waals surface area contributed by atoms with Gasteiger partial charge in [-0.3, -0.25) is 5.10 Å². The number of methoxy groups -OCH3 is 1. The van der Waals surface area contributed by atoms with Crippen molar-refractivity contribution in [2.24, 2.45) is 11.7 Å². The lowest BCUT2D eigenvalue weighted by atomic mass is 9.95. The molecule has 0 saturated carbocycles. The molecule has 0 radical (unpaired) electrons. The summed E-state index contributed by atoms with van der Waals surface area (Å²) < 4.78 is 5.16. The number of H-pyrrole nitrogens is 1. The van der Waals surface area contributed by atoms with Gasteiger partial charge < -0.3 is 15.4 Å². The Labute approximate surface area is 124 Å². The highest BCUT2D eigenvalue weighted by atomic mass is 16.5. The molecule has 3 N–H and O–H groups in total. The Bertz CT molecular complexity index is 594. The number of nitrogens with two attached hydrogens (primary N) is 1. The summed E-state index contributed by atoms with van der Waals surface area (Å²) in [6.07, 6.45) is 1.08. The molecule has 1 aliphatic heterocycles. The standard InChI is InChI=1S/C15H21N5O/c1-10-7-8-20(9-13(10)16)15-17-14(18-19-15)11-3-5-12(21-2)6-4-11/h3-6,10,13H,7-9,16H2,1-2H3,(H,17,18,19). The van der Waals surface area contributed by atoms with E-state index in [1.807, 2.05) is 24.3 Å². The van der Waals surface area contributed by atoms with E-state index in [4.69, 9.17) is 10.5 Å². The molecule has 6 heteroatoms. The molecule has 0 amide bonds. The average molecular weight is 287 g/mol. The maximum absolute atomic E-state index is 6.13. The van der Waals surface area contributed by atoms with Gasteiger partial charge in [0.25, 0.3) is 0 Å². The number of piperidine rings is 1. The lowest BCUT2D eigenvalue weighted by molar-refractivity contribution is 0.376. The highest BCUT2D eigenvalue weighted by Gasteiger charge is 2.25. The molecule has 21 heavy (non-hydrogen) atoms. The van der Waals surface area contributed by atoms with Gasteiger partial charge in [-0.2, -0.15) is 4.98 Å². The third-order valence-electron chi connectivity index (χ3n) is 4.14. The SMILES string of the molecule is COc1ccc(-c2nc(N3CCC(C)C(N)C3)n[nH]2)cc1. The predicted octanol–water partition coefficient (Wildman–Crippen LogP) is 1.65. The van der Waals surface area contributed by atoms with Crippen molar-refractivity contribution < 1.29 is 4.74 Å². The third-order valence-corrected chi connectivity index (χ3v) is 4.14. The van der Waals surface area contributed by atoms with E-state index < -0.39 is 0 Å². The van der Waals surface area contributed by atoms with Gasteiger partial charge in [0.15, 0.2) is 5.82 Å². The van der Waals surface area contributed by atoms with Crippen molar-refractivity contribution in [3.63, 3.8) is 0 Å². The normalized spacial score (nSPS) is 22.3. The first-order valence-corrected chi connectivity index (χ1v) is 7.24. The molecule has 2 atom stereocenters. The van der Waals surface area contributed by atoms with Crippen LogP contribution in [0, 0.1) is 5.92 Å².